The topological polar surface area (TPSA) is 233 Å². The number of rotatable bonds is 22. The maximum absolute atomic E-state index is 13.4. The van der Waals surface area contributed by atoms with Gasteiger partial charge in [-0.3, -0.25) is 4.72 Å². The predicted octanol–water partition coefficient (Wildman–Crippen LogP) is 4.29. The number of hydrogen-bond acceptors (Lipinski definition) is 17. The van der Waals surface area contributed by atoms with Crippen molar-refractivity contribution in [1.82, 2.24) is 0 Å². The number of ether oxygens (including phenoxy) is 9. The van der Waals surface area contributed by atoms with Crippen LogP contribution in [0.5, 0.6) is 51.7 Å². The Morgan fingerprint density at radius 2 is 1.05 bits per heavy atom. The highest BCUT2D eigenvalue weighted by atomic mass is 32.2. The van der Waals surface area contributed by atoms with Crippen molar-refractivity contribution >= 4 is 37.2 Å². The fourth-order valence-corrected chi connectivity index (χ4v) is 8.74. The Morgan fingerprint density at radius 3 is 1.52 bits per heavy atom. The van der Waals surface area contributed by atoms with E-state index >= 15 is 0 Å². The number of nitrogens with one attached hydrogen (secondary N) is 2. The van der Waals surface area contributed by atoms with E-state index in [-0.39, 0.29) is 62.7 Å². The second kappa shape index (κ2) is 20.4. The monoisotopic (exact) mass is 878 g/mol. The highest BCUT2D eigenvalue weighted by molar-refractivity contribution is 7.92. The fourth-order valence-electron chi connectivity index (χ4n) is 6.14. The molecule has 4 rings (SSSR count). The minimum Gasteiger partial charge on any atom is -0.496 e. The molecule has 0 spiro atoms. The largest absolute Gasteiger partial charge is 0.496 e. The number of sulfone groups is 1. The molecular weight excluding hydrogens is 829 g/mol. The van der Waals surface area contributed by atoms with E-state index in [0.29, 0.717) is 17.1 Å². The summed E-state index contributed by atoms with van der Waals surface area (Å²) in [7, 11) is 2.83. The van der Waals surface area contributed by atoms with Crippen molar-refractivity contribution in [3.8, 4) is 51.7 Å². The Hall–Kier alpha value is -5.83. The van der Waals surface area contributed by atoms with Crippen molar-refractivity contribution in [2.75, 3.05) is 78.4 Å². The molecule has 0 aliphatic rings. The van der Waals surface area contributed by atoms with E-state index in [4.69, 9.17) is 42.6 Å². The maximum atomic E-state index is 13.4. The van der Waals surface area contributed by atoms with Crippen LogP contribution in [0.25, 0.3) is 0 Å². The van der Waals surface area contributed by atoms with Crippen LogP contribution in [0.4, 0.5) is 11.4 Å². The number of carbonyl (C=O) groups is 1. The van der Waals surface area contributed by atoms with Gasteiger partial charge in [0.05, 0.1) is 96.6 Å². The molecule has 0 heterocycles. The molecule has 3 unspecified atom stereocenters. The smallest absolute Gasteiger partial charge is 0.333 e. The Balaban J connectivity index is 1.48. The average molecular weight is 879 g/mol. The molecule has 0 radical (unpaired) electrons. The molecule has 4 aromatic rings. The summed E-state index contributed by atoms with van der Waals surface area (Å²) in [5.74, 6) is -1.13. The third-order valence-electron chi connectivity index (χ3n) is 8.99. The minimum absolute atomic E-state index is 0.00958. The van der Waals surface area contributed by atoms with Crippen LogP contribution in [0.3, 0.4) is 0 Å². The first kappa shape index (κ1) is 46.9. The Kier molecular flexibility index (Phi) is 16.0. The van der Waals surface area contributed by atoms with Crippen molar-refractivity contribution in [3.63, 3.8) is 0 Å². The van der Waals surface area contributed by atoms with Gasteiger partial charge in [0.15, 0.2) is 21.3 Å². The van der Waals surface area contributed by atoms with Crippen LogP contribution in [0.1, 0.15) is 35.8 Å². The van der Waals surface area contributed by atoms with Crippen molar-refractivity contribution in [3.05, 3.63) is 77.4 Å². The highest BCUT2D eigenvalue weighted by Gasteiger charge is 2.29. The number of esters is 1. The van der Waals surface area contributed by atoms with Gasteiger partial charge in [0.2, 0.25) is 10.0 Å². The molecule has 0 aromatic heterocycles. The van der Waals surface area contributed by atoms with Crippen LogP contribution in [0.15, 0.2) is 60.7 Å². The standard InChI is InChI=1S/C40H50N2O16S2/c1-23(41-28-14-24(10-12-31(28)52-4)20-59(46,47)21-29(43)38-34(54-6)16-26(50-2)17-35(38)55-7)40(45)58-33-15-25(11-13-32(33)53-5)42-60(48,49)22-30(44)39-36(56-8)18-27(51-3)19-37(39)57-9/h10-19,23,29-30,41-44H,20-22H2,1-9H3. The van der Waals surface area contributed by atoms with Gasteiger partial charge in [-0.2, -0.15) is 0 Å². The second-order valence-electron chi connectivity index (χ2n) is 13.0. The van der Waals surface area contributed by atoms with Crippen LogP contribution in [-0.4, -0.2) is 107 Å². The number of hydrogen-bond donors (Lipinski definition) is 4. The van der Waals surface area contributed by atoms with Gasteiger partial charge in [-0.15, -0.1) is 0 Å². The number of aliphatic hydroxyl groups is 2. The molecule has 0 saturated heterocycles. The minimum atomic E-state index is -4.25. The molecule has 3 atom stereocenters. The number of sulfonamides is 1. The summed E-state index contributed by atoms with van der Waals surface area (Å²) in [5, 5.41) is 25.1. The first-order valence-electron chi connectivity index (χ1n) is 18.0. The van der Waals surface area contributed by atoms with Gasteiger partial charge in [0.25, 0.3) is 0 Å². The van der Waals surface area contributed by atoms with Crippen molar-refractivity contribution in [2.24, 2.45) is 0 Å². The SMILES string of the molecule is COc1cc(OC)c(C(O)CS(=O)(=O)Cc2ccc(OC)c(NC(C)C(=O)Oc3cc(NS(=O)(=O)CC(O)c4c(OC)cc(OC)cc4OC)ccc3OC)c2)c(OC)c1. The number of anilines is 2. The van der Waals surface area contributed by atoms with Gasteiger partial charge >= 0.3 is 5.97 Å². The molecule has 0 bridgehead atoms. The van der Waals surface area contributed by atoms with Crippen LogP contribution >= 0.6 is 0 Å². The zero-order valence-corrected chi connectivity index (χ0v) is 36.2. The second-order valence-corrected chi connectivity index (χ2v) is 16.9. The third kappa shape index (κ3) is 11.7. The van der Waals surface area contributed by atoms with E-state index in [1.165, 1.54) is 124 Å². The van der Waals surface area contributed by atoms with E-state index in [9.17, 15) is 31.8 Å². The Morgan fingerprint density at radius 1 is 0.583 bits per heavy atom. The lowest BCUT2D eigenvalue weighted by Gasteiger charge is -2.20. The molecule has 20 heteroatoms. The van der Waals surface area contributed by atoms with Gasteiger partial charge in [-0.1, -0.05) is 6.07 Å². The predicted molar refractivity (Wildman–Crippen MR) is 222 cm³/mol. The van der Waals surface area contributed by atoms with Crippen LogP contribution in [0, 0.1) is 0 Å². The summed E-state index contributed by atoms with van der Waals surface area (Å²) in [5.41, 5.74) is 0.788. The zero-order chi connectivity index (χ0) is 44.4. The number of carbonyl (C=O) groups excluding carboxylic acids is 1. The average Bonchev–Trinajstić information content (AvgIpc) is 3.21. The molecule has 18 nitrogen and oxygen atoms in total. The van der Waals surface area contributed by atoms with E-state index in [1.807, 2.05) is 0 Å². The lowest BCUT2D eigenvalue weighted by atomic mass is 10.1. The molecule has 4 aromatic carbocycles. The molecular formula is C40H50N2O16S2. The molecule has 4 N–H and O–H groups in total. The molecule has 0 amide bonds. The summed E-state index contributed by atoms with van der Waals surface area (Å²) in [6, 6.07) is 13.4. The van der Waals surface area contributed by atoms with Crippen molar-refractivity contribution < 1.29 is 74.5 Å². The molecule has 328 valence electrons. The van der Waals surface area contributed by atoms with Crippen LogP contribution in [-0.2, 0) is 30.4 Å². The summed E-state index contributed by atoms with van der Waals surface area (Å²) in [6.45, 7) is 1.49. The van der Waals surface area contributed by atoms with E-state index < -0.39 is 61.3 Å². The zero-order valence-electron chi connectivity index (χ0n) is 34.6. The van der Waals surface area contributed by atoms with Gasteiger partial charge < -0.3 is 58.2 Å². The van der Waals surface area contributed by atoms with Gasteiger partial charge in [-0.25, -0.2) is 21.6 Å². The maximum Gasteiger partial charge on any atom is 0.333 e. The van der Waals surface area contributed by atoms with Crippen molar-refractivity contribution in [2.45, 2.75) is 30.9 Å². The Labute approximate surface area is 349 Å². The third-order valence-corrected chi connectivity index (χ3v) is 11.9. The highest BCUT2D eigenvalue weighted by Crippen LogP contribution is 2.41. The lowest BCUT2D eigenvalue weighted by molar-refractivity contribution is -0.135. The Bertz CT molecular complexity index is 2310. The molecule has 60 heavy (non-hydrogen) atoms. The van der Waals surface area contributed by atoms with Crippen LogP contribution < -0.4 is 52.7 Å². The summed E-state index contributed by atoms with van der Waals surface area (Å²) < 4.78 is 104. The van der Waals surface area contributed by atoms with Gasteiger partial charge in [-0.05, 0) is 36.8 Å². The molecule has 0 aliphatic heterocycles. The number of methoxy groups -OCH3 is 8. The molecule has 0 fully saturated rings. The number of benzene rings is 4. The first-order valence-corrected chi connectivity index (χ1v) is 21.4. The van der Waals surface area contributed by atoms with E-state index in [2.05, 4.69) is 10.0 Å². The number of aliphatic hydroxyl groups excluding tert-OH is 2. The normalized spacial score (nSPS) is 12.9. The fraction of sp³-hybridized carbons (Fsp3) is 0.375. The van der Waals surface area contributed by atoms with Gasteiger partial charge in [0.1, 0.15) is 58.5 Å². The molecule has 0 aliphatic carbocycles. The quantitative estimate of drug-likeness (QED) is 0.0637. The van der Waals surface area contributed by atoms with E-state index in [1.54, 1.807) is 0 Å². The van der Waals surface area contributed by atoms with Gasteiger partial charge in [0, 0.05) is 30.3 Å². The van der Waals surface area contributed by atoms with Crippen molar-refractivity contribution in [1.29, 1.82) is 0 Å². The lowest BCUT2D eigenvalue weighted by Crippen LogP contribution is -2.30. The van der Waals surface area contributed by atoms with Crippen LogP contribution in [0.2, 0.25) is 0 Å². The first-order chi connectivity index (χ1) is 28.4. The summed E-state index contributed by atoms with van der Waals surface area (Å²) in [4.78, 5) is 13.4. The van der Waals surface area contributed by atoms with E-state index in [0.717, 1.165) is 0 Å². The summed E-state index contributed by atoms with van der Waals surface area (Å²) in [6.07, 6.45) is -3.10. The summed E-state index contributed by atoms with van der Waals surface area (Å²) >= 11 is 0. The molecule has 0 saturated carbocycles.